The van der Waals surface area contributed by atoms with E-state index in [1.165, 1.54) is 0 Å². The maximum absolute atomic E-state index is 13.1. The molecular formula is C14H9ClF2O. The summed E-state index contributed by atoms with van der Waals surface area (Å²) in [4.78, 5) is 12.1. The van der Waals surface area contributed by atoms with Gasteiger partial charge in [-0.2, -0.15) is 0 Å². The fourth-order valence-electron chi connectivity index (χ4n) is 1.56. The number of halogens is 3. The Labute approximate surface area is 108 Å². The molecule has 0 spiro atoms. The van der Waals surface area contributed by atoms with Crippen molar-refractivity contribution in [2.24, 2.45) is 0 Å². The second kappa shape index (κ2) is 4.86. The van der Waals surface area contributed by atoms with Crippen LogP contribution in [-0.4, -0.2) is 5.78 Å². The van der Waals surface area contributed by atoms with Gasteiger partial charge < -0.3 is 0 Å². The van der Waals surface area contributed by atoms with Crippen molar-refractivity contribution in [3.8, 4) is 0 Å². The van der Waals surface area contributed by atoms with Gasteiger partial charge in [-0.25, -0.2) is 8.78 Å². The predicted molar refractivity (Wildman–Crippen MR) is 66.0 cm³/mol. The minimum absolute atomic E-state index is 0.0422. The lowest BCUT2D eigenvalue weighted by Gasteiger charge is -2.05. The van der Waals surface area contributed by atoms with Crippen LogP contribution in [-0.2, 0) is 0 Å². The van der Waals surface area contributed by atoms with E-state index in [-0.39, 0.29) is 10.6 Å². The second-order valence-corrected chi connectivity index (χ2v) is 4.35. The van der Waals surface area contributed by atoms with E-state index in [4.69, 9.17) is 11.6 Å². The lowest BCUT2D eigenvalue weighted by atomic mass is 10.0. The number of carbonyl (C=O) groups excluding carboxylic acids is 1. The van der Waals surface area contributed by atoms with E-state index in [2.05, 4.69) is 0 Å². The van der Waals surface area contributed by atoms with Crippen LogP contribution in [0, 0.1) is 18.6 Å². The van der Waals surface area contributed by atoms with Crippen LogP contribution >= 0.6 is 11.6 Å². The number of ketones is 1. The molecule has 1 nitrogen and oxygen atoms in total. The third-order valence-corrected chi connectivity index (χ3v) is 2.88. The van der Waals surface area contributed by atoms with Crippen molar-refractivity contribution in [1.82, 2.24) is 0 Å². The highest BCUT2D eigenvalue weighted by atomic mass is 35.5. The van der Waals surface area contributed by atoms with Crippen LogP contribution in [0.1, 0.15) is 21.5 Å². The molecule has 0 fully saturated rings. The van der Waals surface area contributed by atoms with Gasteiger partial charge in [0.1, 0.15) is 0 Å². The largest absolute Gasteiger partial charge is 0.289 e. The topological polar surface area (TPSA) is 17.1 Å². The van der Waals surface area contributed by atoms with Crippen LogP contribution in [0.25, 0.3) is 0 Å². The molecule has 92 valence electrons. The molecule has 0 aromatic heterocycles. The molecule has 0 N–H and O–H groups in total. The standard InChI is InChI=1S/C14H9ClF2O/c1-8-2-4-9(5-3-8)14(18)10-6-12(16)13(17)7-11(10)15/h2-7H,1H3. The average Bonchev–Trinajstić information content (AvgIpc) is 2.34. The van der Waals surface area contributed by atoms with Gasteiger partial charge in [-0.1, -0.05) is 41.4 Å². The third-order valence-electron chi connectivity index (χ3n) is 2.57. The summed E-state index contributed by atoms with van der Waals surface area (Å²) in [5.41, 5.74) is 1.34. The zero-order chi connectivity index (χ0) is 13.3. The molecule has 0 aliphatic heterocycles. The zero-order valence-corrected chi connectivity index (χ0v) is 10.3. The molecule has 0 saturated carbocycles. The molecule has 0 heterocycles. The minimum Gasteiger partial charge on any atom is -0.289 e. The molecule has 2 aromatic carbocycles. The van der Waals surface area contributed by atoms with E-state index in [1.807, 2.05) is 6.92 Å². The van der Waals surface area contributed by atoms with Crippen LogP contribution in [0.3, 0.4) is 0 Å². The molecule has 0 atom stereocenters. The molecule has 0 aliphatic rings. The second-order valence-electron chi connectivity index (χ2n) is 3.94. The maximum Gasteiger partial charge on any atom is 0.194 e. The molecule has 4 heteroatoms. The minimum atomic E-state index is -1.09. The Hall–Kier alpha value is -1.74. The Morgan fingerprint density at radius 1 is 1.06 bits per heavy atom. The van der Waals surface area contributed by atoms with E-state index >= 15 is 0 Å². The number of aryl methyl sites for hydroxylation is 1. The molecule has 2 rings (SSSR count). The SMILES string of the molecule is Cc1ccc(C(=O)c2cc(F)c(F)cc2Cl)cc1. The van der Waals surface area contributed by atoms with Gasteiger partial charge >= 0.3 is 0 Å². The highest BCUT2D eigenvalue weighted by Gasteiger charge is 2.16. The predicted octanol–water partition coefficient (Wildman–Crippen LogP) is 4.16. The fraction of sp³-hybridized carbons (Fsp3) is 0.0714. The number of hydrogen-bond acceptors (Lipinski definition) is 1. The molecule has 0 saturated heterocycles. The summed E-state index contributed by atoms with van der Waals surface area (Å²) < 4.78 is 26.0. The van der Waals surface area contributed by atoms with Crippen molar-refractivity contribution < 1.29 is 13.6 Å². The summed E-state index contributed by atoms with van der Waals surface area (Å²) in [6.45, 7) is 1.89. The first-order chi connectivity index (χ1) is 8.49. The van der Waals surface area contributed by atoms with Gasteiger partial charge in [0.2, 0.25) is 0 Å². The van der Waals surface area contributed by atoms with Crippen molar-refractivity contribution >= 4 is 17.4 Å². The van der Waals surface area contributed by atoms with Crippen molar-refractivity contribution in [2.45, 2.75) is 6.92 Å². The van der Waals surface area contributed by atoms with Crippen molar-refractivity contribution in [1.29, 1.82) is 0 Å². The van der Waals surface area contributed by atoms with Crippen LogP contribution < -0.4 is 0 Å². The fourth-order valence-corrected chi connectivity index (χ4v) is 1.79. The van der Waals surface area contributed by atoms with E-state index in [1.54, 1.807) is 24.3 Å². The molecule has 0 radical (unpaired) electrons. The highest BCUT2D eigenvalue weighted by Crippen LogP contribution is 2.23. The first kappa shape index (κ1) is 12.7. The van der Waals surface area contributed by atoms with Gasteiger partial charge in [-0.3, -0.25) is 4.79 Å². The number of carbonyl (C=O) groups is 1. The zero-order valence-electron chi connectivity index (χ0n) is 9.51. The molecule has 0 amide bonds. The van der Waals surface area contributed by atoms with Gasteiger partial charge in [0, 0.05) is 11.1 Å². The van der Waals surface area contributed by atoms with Crippen molar-refractivity contribution in [3.05, 3.63) is 69.7 Å². The van der Waals surface area contributed by atoms with E-state index in [0.717, 1.165) is 17.7 Å². The van der Waals surface area contributed by atoms with Gasteiger partial charge in [-0.05, 0) is 19.1 Å². The van der Waals surface area contributed by atoms with E-state index < -0.39 is 17.4 Å². The lowest BCUT2D eigenvalue weighted by Crippen LogP contribution is -2.04. The molecule has 0 aliphatic carbocycles. The number of rotatable bonds is 2. The molecule has 18 heavy (non-hydrogen) atoms. The van der Waals surface area contributed by atoms with Gasteiger partial charge in [0.15, 0.2) is 17.4 Å². The normalized spacial score (nSPS) is 10.4. The molecule has 0 bridgehead atoms. The quantitative estimate of drug-likeness (QED) is 0.589. The van der Waals surface area contributed by atoms with Gasteiger partial charge in [0.25, 0.3) is 0 Å². The monoisotopic (exact) mass is 266 g/mol. The summed E-state index contributed by atoms with van der Waals surface area (Å²) in [5, 5.41) is -0.0977. The third kappa shape index (κ3) is 2.41. The lowest BCUT2D eigenvalue weighted by molar-refractivity contribution is 0.103. The number of benzene rings is 2. The maximum atomic E-state index is 13.1. The van der Waals surface area contributed by atoms with Crippen LogP contribution in [0.15, 0.2) is 36.4 Å². The first-order valence-electron chi connectivity index (χ1n) is 5.25. The Morgan fingerprint density at radius 3 is 2.22 bits per heavy atom. The summed E-state index contributed by atoms with van der Waals surface area (Å²) in [5.74, 6) is -2.59. The summed E-state index contributed by atoms with van der Waals surface area (Å²) >= 11 is 5.75. The average molecular weight is 267 g/mol. The Balaban J connectivity index is 2.46. The summed E-state index contributed by atoms with van der Waals surface area (Å²) in [6, 6.07) is 8.39. The number of hydrogen-bond donors (Lipinski definition) is 0. The highest BCUT2D eigenvalue weighted by molar-refractivity contribution is 6.35. The first-order valence-corrected chi connectivity index (χ1v) is 5.63. The smallest absolute Gasteiger partial charge is 0.194 e. The summed E-state index contributed by atoms with van der Waals surface area (Å²) in [7, 11) is 0. The molecule has 0 unspecified atom stereocenters. The van der Waals surface area contributed by atoms with E-state index in [0.29, 0.717) is 5.56 Å². The van der Waals surface area contributed by atoms with Crippen molar-refractivity contribution in [3.63, 3.8) is 0 Å². The Kier molecular flexibility index (Phi) is 3.43. The Bertz CT molecular complexity index is 606. The summed E-state index contributed by atoms with van der Waals surface area (Å²) in [6.07, 6.45) is 0. The van der Waals surface area contributed by atoms with Crippen LogP contribution in [0.4, 0.5) is 8.78 Å². The Morgan fingerprint density at radius 2 is 1.61 bits per heavy atom. The van der Waals surface area contributed by atoms with Crippen LogP contribution in [0.5, 0.6) is 0 Å². The van der Waals surface area contributed by atoms with Gasteiger partial charge in [0.05, 0.1) is 5.02 Å². The van der Waals surface area contributed by atoms with E-state index in [9.17, 15) is 13.6 Å². The van der Waals surface area contributed by atoms with Crippen LogP contribution in [0.2, 0.25) is 5.02 Å². The van der Waals surface area contributed by atoms with Crippen molar-refractivity contribution in [2.75, 3.05) is 0 Å². The molecule has 2 aromatic rings. The van der Waals surface area contributed by atoms with Gasteiger partial charge in [-0.15, -0.1) is 0 Å². The molecular weight excluding hydrogens is 258 g/mol.